The molecule has 3 rings (SSSR count). The molecule has 0 spiro atoms. The fourth-order valence-electron chi connectivity index (χ4n) is 3.00. The summed E-state index contributed by atoms with van der Waals surface area (Å²) in [4.78, 5) is 12.4. The summed E-state index contributed by atoms with van der Waals surface area (Å²) in [6, 6.07) is 25.3. The lowest BCUT2D eigenvalue weighted by atomic mass is 10.1. The molecule has 1 amide bonds. The number of amides is 1. The number of anilines is 2. The first-order chi connectivity index (χ1) is 15.2. The Hall–Kier alpha value is -3.73. The van der Waals surface area contributed by atoms with Crippen molar-refractivity contribution in [3.63, 3.8) is 0 Å². The molecule has 0 unspecified atom stereocenters. The van der Waals surface area contributed by atoms with E-state index < -0.39 is 0 Å². The van der Waals surface area contributed by atoms with E-state index >= 15 is 0 Å². The lowest BCUT2D eigenvalue weighted by molar-refractivity contribution is -0.114. The predicted molar refractivity (Wildman–Crippen MR) is 126 cm³/mol. The summed E-state index contributed by atoms with van der Waals surface area (Å²) < 4.78 is 11.4. The average molecular weight is 417 g/mol. The summed E-state index contributed by atoms with van der Waals surface area (Å²) in [6.07, 6.45) is 3.55. The Bertz CT molecular complexity index is 956. The van der Waals surface area contributed by atoms with E-state index in [4.69, 9.17) is 9.47 Å². The average Bonchev–Trinajstić information content (AvgIpc) is 2.81. The molecule has 0 saturated heterocycles. The number of benzene rings is 3. The Labute approximate surface area is 183 Å². The number of hydrogen-bond acceptors (Lipinski definition) is 4. The van der Waals surface area contributed by atoms with Gasteiger partial charge in [-0.15, -0.1) is 0 Å². The fourth-order valence-corrected chi connectivity index (χ4v) is 3.00. The molecule has 0 atom stereocenters. The minimum atomic E-state index is -0.146. The minimum Gasteiger partial charge on any atom is -0.491 e. The number of aryl methyl sites for hydroxylation is 1. The summed E-state index contributed by atoms with van der Waals surface area (Å²) in [5.74, 6) is 1.29. The van der Waals surface area contributed by atoms with Crippen LogP contribution in [0.2, 0.25) is 0 Å². The molecule has 0 aliphatic heterocycles. The maximum absolute atomic E-state index is 12.4. The molecule has 31 heavy (non-hydrogen) atoms. The number of nitrogens with one attached hydrogen (secondary N) is 2. The van der Waals surface area contributed by atoms with Crippen molar-refractivity contribution in [1.29, 1.82) is 0 Å². The molecule has 5 heteroatoms. The zero-order valence-corrected chi connectivity index (χ0v) is 17.6. The van der Waals surface area contributed by atoms with Crippen molar-refractivity contribution in [3.05, 3.63) is 97.1 Å². The maximum Gasteiger partial charge on any atom is 0.243 e. The molecule has 2 N–H and O–H groups in total. The predicted octanol–water partition coefficient (Wildman–Crippen LogP) is 5.31. The molecule has 3 aromatic carbocycles. The van der Waals surface area contributed by atoms with Crippen LogP contribution in [-0.4, -0.2) is 25.7 Å². The van der Waals surface area contributed by atoms with Gasteiger partial charge in [-0.25, -0.2) is 0 Å². The van der Waals surface area contributed by atoms with Gasteiger partial charge in [0.05, 0.1) is 18.8 Å². The lowest BCUT2D eigenvalue weighted by Gasteiger charge is -2.13. The van der Waals surface area contributed by atoms with Crippen LogP contribution in [0.1, 0.15) is 12.0 Å². The van der Waals surface area contributed by atoms with Gasteiger partial charge in [-0.2, -0.15) is 0 Å². The quantitative estimate of drug-likeness (QED) is 0.310. The number of rotatable bonds is 12. The van der Waals surface area contributed by atoms with Crippen molar-refractivity contribution in [2.45, 2.75) is 12.8 Å². The van der Waals surface area contributed by atoms with Crippen molar-refractivity contribution < 1.29 is 14.3 Å². The summed E-state index contributed by atoms with van der Waals surface area (Å²) in [5, 5.41) is 6.03. The summed E-state index contributed by atoms with van der Waals surface area (Å²) in [7, 11) is 0. The van der Waals surface area contributed by atoms with Gasteiger partial charge >= 0.3 is 0 Å². The van der Waals surface area contributed by atoms with Gasteiger partial charge in [-0.1, -0.05) is 55.1 Å². The normalized spacial score (nSPS) is 10.2. The topological polar surface area (TPSA) is 59.6 Å². The molecule has 3 aromatic rings. The first-order valence-electron chi connectivity index (χ1n) is 10.4. The van der Waals surface area contributed by atoms with Crippen LogP contribution in [0.25, 0.3) is 0 Å². The molecular formula is C26H28N2O3. The van der Waals surface area contributed by atoms with E-state index in [1.165, 1.54) is 5.56 Å². The van der Waals surface area contributed by atoms with Crippen LogP contribution in [0.3, 0.4) is 0 Å². The molecule has 0 heterocycles. The second kappa shape index (κ2) is 12.1. The molecule has 0 bridgehead atoms. The molecule has 0 aliphatic rings. The molecule has 0 radical (unpaired) electrons. The van der Waals surface area contributed by atoms with Crippen LogP contribution in [-0.2, 0) is 11.2 Å². The second-order valence-corrected chi connectivity index (χ2v) is 6.96. The van der Waals surface area contributed by atoms with E-state index in [1.54, 1.807) is 6.08 Å². The van der Waals surface area contributed by atoms with E-state index in [2.05, 4.69) is 29.3 Å². The van der Waals surface area contributed by atoms with E-state index in [-0.39, 0.29) is 12.5 Å². The molecule has 0 saturated carbocycles. The van der Waals surface area contributed by atoms with Gasteiger partial charge in [-0.05, 0) is 54.8 Å². The van der Waals surface area contributed by atoms with Gasteiger partial charge in [0, 0.05) is 5.69 Å². The van der Waals surface area contributed by atoms with Crippen LogP contribution in [0.15, 0.2) is 91.5 Å². The molecular weight excluding hydrogens is 388 g/mol. The molecule has 5 nitrogen and oxygen atoms in total. The Morgan fingerprint density at radius 3 is 2.42 bits per heavy atom. The van der Waals surface area contributed by atoms with Crippen LogP contribution in [0.5, 0.6) is 11.5 Å². The van der Waals surface area contributed by atoms with Crippen LogP contribution in [0, 0.1) is 0 Å². The maximum atomic E-state index is 12.4. The minimum absolute atomic E-state index is 0.146. The highest BCUT2D eigenvalue weighted by Crippen LogP contribution is 2.24. The highest BCUT2D eigenvalue weighted by molar-refractivity contribution is 5.95. The Morgan fingerprint density at radius 1 is 0.903 bits per heavy atom. The lowest BCUT2D eigenvalue weighted by Crippen LogP contribution is -2.22. The number of carbonyl (C=O) groups is 1. The van der Waals surface area contributed by atoms with Crippen molar-refractivity contribution in [2.24, 2.45) is 0 Å². The Morgan fingerprint density at radius 2 is 1.65 bits per heavy atom. The van der Waals surface area contributed by atoms with E-state index in [0.717, 1.165) is 24.3 Å². The van der Waals surface area contributed by atoms with E-state index in [9.17, 15) is 4.79 Å². The smallest absolute Gasteiger partial charge is 0.243 e. The molecule has 160 valence electrons. The highest BCUT2D eigenvalue weighted by atomic mass is 16.5. The first-order valence-corrected chi connectivity index (χ1v) is 10.4. The van der Waals surface area contributed by atoms with Gasteiger partial charge < -0.3 is 20.1 Å². The summed E-state index contributed by atoms with van der Waals surface area (Å²) in [5.41, 5.74) is 2.80. The third-order valence-electron chi connectivity index (χ3n) is 4.55. The van der Waals surface area contributed by atoms with E-state index in [1.807, 2.05) is 66.7 Å². The van der Waals surface area contributed by atoms with Gasteiger partial charge in [-0.3, -0.25) is 4.79 Å². The third-order valence-corrected chi connectivity index (χ3v) is 4.55. The van der Waals surface area contributed by atoms with Gasteiger partial charge in [0.1, 0.15) is 18.1 Å². The van der Waals surface area contributed by atoms with Crippen molar-refractivity contribution in [3.8, 4) is 11.5 Å². The largest absolute Gasteiger partial charge is 0.491 e. The summed E-state index contributed by atoms with van der Waals surface area (Å²) >= 11 is 0. The Balaban J connectivity index is 1.44. The zero-order valence-electron chi connectivity index (χ0n) is 17.6. The van der Waals surface area contributed by atoms with Crippen LogP contribution >= 0.6 is 0 Å². The molecule has 0 fully saturated rings. The fraction of sp³-hybridized carbons (Fsp3) is 0.192. The number of ether oxygens (including phenoxy) is 2. The molecule has 0 aliphatic carbocycles. The first kappa shape index (κ1) is 22.0. The van der Waals surface area contributed by atoms with Crippen molar-refractivity contribution >= 4 is 17.3 Å². The standard InChI is InChI=1S/C26H28N2O3/c1-2-18-30-23-16-14-22(15-17-23)27-20-26(29)28-24-12-6-7-13-25(24)31-19-8-11-21-9-4-3-5-10-21/h2-7,9-10,12-17,27H,1,8,11,18-20H2,(H,28,29). The summed E-state index contributed by atoms with van der Waals surface area (Å²) in [6.45, 7) is 4.82. The van der Waals surface area contributed by atoms with Crippen LogP contribution < -0.4 is 20.1 Å². The third kappa shape index (κ3) is 7.55. The van der Waals surface area contributed by atoms with Gasteiger partial charge in [0.15, 0.2) is 0 Å². The van der Waals surface area contributed by atoms with Gasteiger partial charge in [0.25, 0.3) is 0 Å². The van der Waals surface area contributed by atoms with Crippen LogP contribution in [0.4, 0.5) is 11.4 Å². The number of para-hydroxylation sites is 2. The highest BCUT2D eigenvalue weighted by Gasteiger charge is 2.08. The monoisotopic (exact) mass is 416 g/mol. The zero-order chi connectivity index (χ0) is 21.7. The van der Waals surface area contributed by atoms with Crippen molar-refractivity contribution in [2.75, 3.05) is 30.4 Å². The Kier molecular flexibility index (Phi) is 8.56. The SMILES string of the molecule is C=CCOc1ccc(NCC(=O)Nc2ccccc2OCCCc2ccccc2)cc1. The van der Waals surface area contributed by atoms with Gasteiger partial charge in [0.2, 0.25) is 5.91 Å². The van der Waals surface area contributed by atoms with E-state index in [0.29, 0.717) is 24.7 Å². The number of carbonyl (C=O) groups excluding carboxylic acids is 1. The second-order valence-electron chi connectivity index (χ2n) is 6.96. The molecule has 0 aromatic heterocycles. The number of hydrogen-bond donors (Lipinski definition) is 2. The van der Waals surface area contributed by atoms with Crippen molar-refractivity contribution in [1.82, 2.24) is 0 Å².